The van der Waals surface area contributed by atoms with Crippen LogP contribution >= 0.6 is 11.6 Å². The second-order valence-electron chi connectivity index (χ2n) is 4.67. The fourth-order valence-corrected chi connectivity index (χ4v) is 2.96. The van der Waals surface area contributed by atoms with Crippen LogP contribution in [0.2, 0.25) is 0 Å². The summed E-state index contributed by atoms with van der Waals surface area (Å²) in [4.78, 5) is 15.4. The first-order chi connectivity index (χ1) is 9.70. The van der Waals surface area contributed by atoms with Gasteiger partial charge in [0.1, 0.15) is 5.82 Å². The van der Waals surface area contributed by atoms with E-state index in [1.54, 1.807) is 37.0 Å². The summed E-state index contributed by atoms with van der Waals surface area (Å²) in [6.07, 6.45) is 4.33. The molecule has 112 valence electrons. The third-order valence-corrected chi connectivity index (χ3v) is 4.34. The van der Waals surface area contributed by atoms with Gasteiger partial charge < -0.3 is 0 Å². The number of anilines is 1. The van der Waals surface area contributed by atoms with Crippen LogP contribution in [0.4, 0.5) is 5.69 Å². The largest absolute Gasteiger partial charge is 0.292 e. The number of hydrogen-bond donors (Lipinski definition) is 1. The number of nitrogens with one attached hydrogen (secondary N) is 1. The number of aryl methyl sites for hydroxylation is 2. The van der Waals surface area contributed by atoms with Crippen molar-refractivity contribution in [3.63, 3.8) is 0 Å². The lowest BCUT2D eigenvalue weighted by Crippen LogP contribution is -2.14. The number of carbonyl (C=O) groups excluding carboxylic acids is 1. The molecule has 6 nitrogen and oxygen atoms in total. The molecule has 0 radical (unpaired) electrons. The predicted molar refractivity (Wildman–Crippen MR) is 80.5 cm³/mol. The van der Waals surface area contributed by atoms with E-state index in [4.69, 9.17) is 11.6 Å². The SMILES string of the molecule is Cc1cc(Nn2ccnc2C)c(S(C)(=O)=O)cc1C(=O)Cl. The number of aromatic nitrogens is 2. The van der Waals surface area contributed by atoms with Gasteiger partial charge in [0.25, 0.3) is 5.24 Å². The molecule has 1 aromatic heterocycles. The number of imidazole rings is 1. The highest BCUT2D eigenvalue weighted by atomic mass is 35.5. The molecular formula is C13H14ClN3O3S. The Kier molecular flexibility index (Phi) is 4.06. The topological polar surface area (TPSA) is 81.1 Å². The van der Waals surface area contributed by atoms with E-state index in [2.05, 4.69) is 10.4 Å². The Morgan fingerprint density at radius 2 is 2.00 bits per heavy atom. The van der Waals surface area contributed by atoms with Gasteiger partial charge in [-0.05, 0) is 43.1 Å². The average molecular weight is 328 g/mol. The quantitative estimate of drug-likeness (QED) is 0.870. The summed E-state index contributed by atoms with van der Waals surface area (Å²) in [6, 6.07) is 2.86. The molecule has 0 spiro atoms. The van der Waals surface area contributed by atoms with Gasteiger partial charge in [-0.15, -0.1) is 0 Å². The Balaban J connectivity index is 2.62. The summed E-state index contributed by atoms with van der Waals surface area (Å²) in [5.41, 5.74) is 4.07. The van der Waals surface area contributed by atoms with Crippen LogP contribution < -0.4 is 5.43 Å². The minimum Gasteiger partial charge on any atom is -0.292 e. The highest BCUT2D eigenvalue weighted by Gasteiger charge is 2.19. The number of halogens is 1. The second-order valence-corrected chi connectivity index (χ2v) is 6.99. The van der Waals surface area contributed by atoms with Gasteiger partial charge in [-0.3, -0.25) is 10.2 Å². The van der Waals surface area contributed by atoms with Crippen molar-refractivity contribution in [3.8, 4) is 0 Å². The molecule has 0 aliphatic heterocycles. The van der Waals surface area contributed by atoms with Gasteiger partial charge in [0, 0.05) is 24.2 Å². The molecule has 21 heavy (non-hydrogen) atoms. The number of rotatable bonds is 4. The highest BCUT2D eigenvalue weighted by molar-refractivity contribution is 7.90. The van der Waals surface area contributed by atoms with Crippen molar-refractivity contribution < 1.29 is 13.2 Å². The zero-order chi connectivity index (χ0) is 15.8. The molecule has 1 heterocycles. The number of nitrogens with zero attached hydrogens (tertiary/aromatic N) is 2. The van der Waals surface area contributed by atoms with Crippen molar-refractivity contribution in [2.45, 2.75) is 18.7 Å². The monoisotopic (exact) mass is 327 g/mol. The van der Waals surface area contributed by atoms with E-state index in [1.807, 2.05) is 0 Å². The van der Waals surface area contributed by atoms with Crippen molar-refractivity contribution in [1.29, 1.82) is 0 Å². The number of hydrogen-bond acceptors (Lipinski definition) is 5. The lowest BCUT2D eigenvalue weighted by atomic mass is 10.1. The van der Waals surface area contributed by atoms with Gasteiger partial charge in [0.2, 0.25) is 0 Å². The van der Waals surface area contributed by atoms with Crippen LogP contribution in [0.5, 0.6) is 0 Å². The van der Waals surface area contributed by atoms with Crippen molar-refractivity contribution in [3.05, 3.63) is 41.5 Å². The zero-order valence-corrected chi connectivity index (χ0v) is 13.3. The maximum Gasteiger partial charge on any atom is 0.252 e. The molecule has 0 bridgehead atoms. The molecule has 1 N–H and O–H groups in total. The molecule has 0 saturated carbocycles. The minimum atomic E-state index is -3.53. The van der Waals surface area contributed by atoms with E-state index >= 15 is 0 Å². The van der Waals surface area contributed by atoms with Crippen LogP contribution in [0.25, 0.3) is 0 Å². The summed E-state index contributed by atoms with van der Waals surface area (Å²) < 4.78 is 25.5. The maximum atomic E-state index is 11.9. The van der Waals surface area contributed by atoms with Gasteiger partial charge in [0.15, 0.2) is 9.84 Å². The van der Waals surface area contributed by atoms with Crippen LogP contribution in [-0.2, 0) is 9.84 Å². The van der Waals surface area contributed by atoms with E-state index in [0.29, 0.717) is 17.1 Å². The Hall–Kier alpha value is -1.86. The van der Waals surface area contributed by atoms with E-state index < -0.39 is 15.1 Å². The Morgan fingerprint density at radius 1 is 1.33 bits per heavy atom. The average Bonchev–Trinajstić information content (AvgIpc) is 2.73. The van der Waals surface area contributed by atoms with Crippen LogP contribution in [0.15, 0.2) is 29.4 Å². The maximum absolute atomic E-state index is 11.9. The molecule has 2 rings (SSSR count). The number of carbonyl (C=O) groups is 1. The van der Waals surface area contributed by atoms with E-state index in [1.165, 1.54) is 6.07 Å². The first-order valence-electron chi connectivity index (χ1n) is 6.01. The van der Waals surface area contributed by atoms with E-state index in [-0.39, 0.29) is 10.5 Å². The Bertz CT molecular complexity index is 812. The molecule has 1 aromatic carbocycles. The third-order valence-electron chi connectivity index (χ3n) is 3.00. The lowest BCUT2D eigenvalue weighted by molar-refractivity contribution is 0.108. The molecular weight excluding hydrogens is 314 g/mol. The van der Waals surface area contributed by atoms with Gasteiger partial charge in [-0.25, -0.2) is 18.1 Å². The molecule has 0 atom stereocenters. The number of sulfone groups is 1. The molecule has 8 heteroatoms. The summed E-state index contributed by atoms with van der Waals surface area (Å²) in [5, 5.41) is -0.692. The Morgan fingerprint density at radius 3 is 2.48 bits per heavy atom. The third kappa shape index (κ3) is 3.25. The number of benzene rings is 1. The van der Waals surface area contributed by atoms with Crippen molar-refractivity contribution in [2.75, 3.05) is 11.7 Å². The summed E-state index contributed by atoms with van der Waals surface area (Å²) in [6.45, 7) is 3.46. The summed E-state index contributed by atoms with van der Waals surface area (Å²) in [7, 11) is -3.53. The van der Waals surface area contributed by atoms with E-state index in [0.717, 1.165) is 6.26 Å². The second kappa shape index (κ2) is 5.50. The summed E-state index contributed by atoms with van der Waals surface area (Å²) >= 11 is 5.48. The first kappa shape index (κ1) is 15.5. The standard InChI is InChI=1S/C13H14ClN3O3S/c1-8-6-11(16-17-5-4-15-9(17)2)12(21(3,19)20)7-10(8)13(14)18/h4-7,16H,1-3H3. The van der Waals surface area contributed by atoms with Crippen LogP contribution in [0.3, 0.4) is 0 Å². The van der Waals surface area contributed by atoms with Crippen LogP contribution in [0.1, 0.15) is 21.7 Å². The van der Waals surface area contributed by atoms with Gasteiger partial charge >= 0.3 is 0 Å². The fraction of sp³-hybridized carbons (Fsp3) is 0.231. The molecule has 2 aromatic rings. The van der Waals surface area contributed by atoms with Crippen LogP contribution in [-0.4, -0.2) is 29.6 Å². The van der Waals surface area contributed by atoms with Crippen LogP contribution in [0, 0.1) is 13.8 Å². The molecule has 0 unspecified atom stereocenters. The molecule has 0 saturated heterocycles. The van der Waals surface area contributed by atoms with Gasteiger partial charge in [-0.1, -0.05) is 0 Å². The Labute approximate surface area is 127 Å². The van der Waals surface area contributed by atoms with Crippen molar-refractivity contribution in [2.24, 2.45) is 0 Å². The zero-order valence-electron chi connectivity index (χ0n) is 11.7. The smallest absolute Gasteiger partial charge is 0.252 e. The molecule has 0 aliphatic carbocycles. The normalized spacial score (nSPS) is 11.4. The summed E-state index contributed by atoms with van der Waals surface area (Å²) in [5.74, 6) is 0.671. The highest BCUT2D eigenvalue weighted by Crippen LogP contribution is 2.27. The minimum absolute atomic E-state index is 0.00481. The molecule has 0 fully saturated rings. The van der Waals surface area contributed by atoms with E-state index in [9.17, 15) is 13.2 Å². The van der Waals surface area contributed by atoms with Crippen molar-refractivity contribution >= 4 is 32.4 Å². The molecule has 0 amide bonds. The van der Waals surface area contributed by atoms with Gasteiger partial charge in [-0.2, -0.15) is 0 Å². The van der Waals surface area contributed by atoms with Gasteiger partial charge in [0.05, 0.1) is 10.6 Å². The fourth-order valence-electron chi connectivity index (χ4n) is 1.92. The predicted octanol–water partition coefficient (Wildman–Crippen LogP) is 2.16. The lowest BCUT2D eigenvalue weighted by Gasteiger charge is -2.15. The molecule has 0 aliphatic rings. The first-order valence-corrected chi connectivity index (χ1v) is 8.28. The van der Waals surface area contributed by atoms with Crippen molar-refractivity contribution in [1.82, 2.24) is 9.66 Å².